The molecule has 0 amide bonds. The number of hydrogen-bond acceptors (Lipinski definition) is 3. The van der Waals surface area contributed by atoms with Crippen molar-refractivity contribution in [1.29, 1.82) is 0 Å². The summed E-state index contributed by atoms with van der Waals surface area (Å²) in [6, 6.07) is 2.80. The fraction of sp³-hybridized carbons (Fsp3) is 0.467. The Morgan fingerprint density at radius 3 is 2.62 bits per heavy atom. The van der Waals surface area contributed by atoms with Crippen molar-refractivity contribution in [3.05, 3.63) is 46.3 Å². The third-order valence-electron chi connectivity index (χ3n) is 3.70. The van der Waals surface area contributed by atoms with Crippen molar-refractivity contribution in [3.8, 4) is 0 Å². The molecule has 2 rings (SSSR count). The second kappa shape index (κ2) is 6.12. The molecule has 2 aromatic heterocycles. The van der Waals surface area contributed by atoms with Crippen molar-refractivity contribution in [2.24, 2.45) is 0 Å². The summed E-state index contributed by atoms with van der Waals surface area (Å²) >= 11 is 6.29. The molecule has 0 saturated heterocycles. The van der Waals surface area contributed by atoms with Gasteiger partial charge in [0.25, 0.3) is 0 Å². The van der Waals surface area contributed by atoms with Crippen LogP contribution in [0.15, 0.2) is 18.3 Å². The van der Waals surface area contributed by atoms with Crippen molar-refractivity contribution in [2.75, 3.05) is 0 Å². The van der Waals surface area contributed by atoms with E-state index in [0.29, 0.717) is 23.7 Å². The normalized spacial score (nSPS) is 14.2. The van der Waals surface area contributed by atoms with Crippen molar-refractivity contribution < 1.29 is 9.50 Å². The first-order chi connectivity index (χ1) is 9.91. The van der Waals surface area contributed by atoms with Crippen molar-refractivity contribution in [3.63, 3.8) is 0 Å². The first-order valence-corrected chi connectivity index (χ1v) is 7.35. The third-order valence-corrected chi connectivity index (χ3v) is 4.19. The second-order valence-electron chi connectivity index (χ2n) is 5.09. The molecule has 0 spiro atoms. The molecule has 0 bridgehead atoms. The van der Waals surface area contributed by atoms with E-state index in [1.54, 1.807) is 4.68 Å². The monoisotopic (exact) mass is 311 g/mol. The van der Waals surface area contributed by atoms with Crippen LogP contribution in [-0.2, 0) is 18.6 Å². The van der Waals surface area contributed by atoms with Crippen LogP contribution in [-0.4, -0.2) is 19.9 Å². The lowest BCUT2D eigenvalue weighted by Crippen LogP contribution is -2.30. The molecule has 4 nitrogen and oxygen atoms in total. The maximum Gasteiger partial charge on any atom is 0.141 e. The Balaban J connectivity index is 2.40. The molecule has 0 aliphatic rings. The average Bonchev–Trinajstić information content (AvgIpc) is 2.75. The standard InChI is InChI=1S/C15H19ClFN3O/c1-4-15(21,13-7-6-11(17)9-18-13)8-12-14(16)10(3)19-20(12)5-2/h6-7,9,21H,4-5,8H2,1-3H3. The van der Waals surface area contributed by atoms with Crippen molar-refractivity contribution >= 4 is 11.6 Å². The largest absolute Gasteiger partial charge is 0.383 e. The van der Waals surface area contributed by atoms with E-state index in [1.807, 2.05) is 20.8 Å². The highest BCUT2D eigenvalue weighted by molar-refractivity contribution is 6.31. The van der Waals surface area contributed by atoms with Gasteiger partial charge in [-0.2, -0.15) is 5.10 Å². The molecule has 2 aromatic rings. The van der Waals surface area contributed by atoms with Crippen LogP contribution in [0.2, 0.25) is 5.02 Å². The number of hydrogen-bond donors (Lipinski definition) is 1. The van der Waals surface area contributed by atoms with Crippen LogP contribution in [0, 0.1) is 12.7 Å². The van der Waals surface area contributed by atoms with Crippen LogP contribution >= 0.6 is 11.6 Å². The van der Waals surface area contributed by atoms with Gasteiger partial charge < -0.3 is 5.11 Å². The van der Waals surface area contributed by atoms with Gasteiger partial charge in [-0.15, -0.1) is 0 Å². The highest BCUT2D eigenvalue weighted by atomic mass is 35.5. The summed E-state index contributed by atoms with van der Waals surface area (Å²) in [7, 11) is 0. The Kier molecular flexibility index (Phi) is 4.64. The average molecular weight is 312 g/mol. The zero-order valence-corrected chi connectivity index (χ0v) is 13.2. The Hall–Kier alpha value is -1.46. The highest BCUT2D eigenvalue weighted by Crippen LogP contribution is 2.32. The van der Waals surface area contributed by atoms with E-state index in [-0.39, 0.29) is 6.42 Å². The van der Waals surface area contributed by atoms with E-state index >= 15 is 0 Å². The van der Waals surface area contributed by atoms with Crippen LogP contribution in [0.3, 0.4) is 0 Å². The van der Waals surface area contributed by atoms with Gasteiger partial charge in [0.1, 0.15) is 11.4 Å². The molecule has 2 heterocycles. The van der Waals surface area contributed by atoms with Gasteiger partial charge in [0.05, 0.1) is 28.3 Å². The van der Waals surface area contributed by atoms with E-state index in [2.05, 4.69) is 10.1 Å². The minimum atomic E-state index is -1.20. The molecule has 0 aliphatic heterocycles. The van der Waals surface area contributed by atoms with E-state index in [9.17, 15) is 9.50 Å². The van der Waals surface area contributed by atoms with Crippen LogP contribution < -0.4 is 0 Å². The maximum atomic E-state index is 13.0. The molecule has 1 N–H and O–H groups in total. The summed E-state index contributed by atoms with van der Waals surface area (Å²) in [6.45, 7) is 6.32. The van der Waals surface area contributed by atoms with Crippen molar-refractivity contribution in [2.45, 2.75) is 45.8 Å². The number of aryl methyl sites for hydroxylation is 2. The van der Waals surface area contributed by atoms with Crippen LogP contribution in [0.4, 0.5) is 4.39 Å². The van der Waals surface area contributed by atoms with E-state index in [4.69, 9.17) is 11.6 Å². The summed E-state index contributed by atoms with van der Waals surface area (Å²) in [5.74, 6) is -0.426. The van der Waals surface area contributed by atoms with Gasteiger partial charge in [-0.05, 0) is 32.4 Å². The number of nitrogens with zero attached hydrogens (tertiary/aromatic N) is 3. The molecule has 0 fully saturated rings. The minimum absolute atomic E-state index is 0.287. The van der Waals surface area contributed by atoms with Crippen LogP contribution in [0.5, 0.6) is 0 Å². The van der Waals surface area contributed by atoms with E-state index < -0.39 is 11.4 Å². The molecule has 114 valence electrons. The topological polar surface area (TPSA) is 50.9 Å². The predicted octanol–water partition coefficient (Wildman–Crippen LogP) is 3.24. The number of halogens is 2. The Morgan fingerprint density at radius 2 is 2.10 bits per heavy atom. The molecule has 0 radical (unpaired) electrons. The first-order valence-electron chi connectivity index (χ1n) is 6.97. The molecule has 0 aromatic carbocycles. The number of rotatable bonds is 5. The predicted molar refractivity (Wildman–Crippen MR) is 79.7 cm³/mol. The fourth-order valence-corrected chi connectivity index (χ4v) is 2.56. The summed E-state index contributed by atoms with van der Waals surface area (Å²) < 4.78 is 14.8. The molecular formula is C15H19ClFN3O. The van der Waals surface area contributed by atoms with Gasteiger partial charge in [-0.1, -0.05) is 18.5 Å². The number of aliphatic hydroxyl groups is 1. The Labute approximate surface area is 128 Å². The highest BCUT2D eigenvalue weighted by Gasteiger charge is 2.32. The van der Waals surface area contributed by atoms with E-state index in [0.717, 1.165) is 17.6 Å². The fourth-order valence-electron chi connectivity index (χ4n) is 2.36. The molecular weight excluding hydrogens is 293 g/mol. The van der Waals surface area contributed by atoms with Crippen molar-refractivity contribution in [1.82, 2.24) is 14.8 Å². The molecule has 21 heavy (non-hydrogen) atoms. The van der Waals surface area contributed by atoms with Gasteiger partial charge in [0.2, 0.25) is 0 Å². The summed E-state index contributed by atoms with van der Waals surface area (Å²) in [6.07, 6.45) is 1.84. The maximum absolute atomic E-state index is 13.0. The Morgan fingerprint density at radius 1 is 1.38 bits per heavy atom. The van der Waals surface area contributed by atoms with Gasteiger partial charge in [-0.25, -0.2) is 4.39 Å². The van der Waals surface area contributed by atoms with E-state index in [1.165, 1.54) is 12.1 Å². The number of pyridine rings is 1. The minimum Gasteiger partial charge on any atom is -0.383 e. The quantitative estimate of drug-likeness (QED) is 0.922. The lowest BCUT2D eigenvalue weighted by molar-refractivity contribution is 0.0262. The molecule has 0 saturated carbocycles. The number of aromatic nitrogens is 3. The summed E-state index contributed by atoms with van der Waals surface area (Å²) in [5, 5.41) is 15.8. The molecule has 0 aliphatic carbocycles. The molecule has 1 unspecified atom stereocenters. The van der Waals surface area contributed by atoms with Gasteiger partial charge in [-0.3, -0.25) is 9.67 Å². The second-order valence-corrected chi connectivity index (χ2v) is 5.46. The molecule has 1 atom stereocenters. The SMILES string of the molecule is CCn1nc(C)c(Cl)c1CC(O)(CC)c1ccc(F)cn1. The zero-order valence-electron chi connectivity index (χ0n) is 12.4. The summed E-state index contributed by atoms with van der Waals surface area (Å²) in [4.78, 5) is 4.01. The summed E-state index contributed by atoms with van der Waals surface area (Å²) in [5.41, 5.74) is 0.742. The van der Waals surface area contributed by atoms with Gasteiger partial charge in [0, 0.05) is 13.0 Å². The Bertz CT molecular complexity index is 627. The zero-order chi connectivity index (χ0) is 15.6. The molecule has 6 heteroatoms. The van der Waals surface area contributed by atoms with Crippen LogP contribution in [0.25, 0.3) is 0 Å². The lowest BCUT2D eigenvalue weighted by atomic mass is 9.90. The smallest absolute Gasteiger partial charge is 0.141 e. The first kappa shape index (κ1) is 15.9. The van der Waals surface area contributed by atoms with Gasteiger partial charge in [0.15, 0.2) is 0 Å². The van der Waals surface area contributed by atoms with Crippen LogP contribution in [0.1, 0.15) is 37.4 Å². The third kappa shape index (κ3) is 3.09. The lowest BCUT2D eigenvalue weighted by Gasteiger charge is -2.26. The van der Waals surface area contributed by atoms with Gasteiger partial charge >= 0.3 is 0 Å².